The summed E-state index contributed by atoms with van der Waals surface area (Å²) in [6.07, 6.45) is 5.19. The van der Waals surface area contributed by atoms with E-state index >= 15 is 0 Å². The Morgan fingerprint density at radius 1 is 1.52 bits per heavy atom. The summed E-state index contributed by atoms with van der Waals surface area (Å²) in [7, 11) is 0. The molecular formula is C16H28N2O3. The summed E-state index contributed by atoms with van der Waals surface area (Å²) in [6.45, 7) is 9.64. The van der Waals surface area contributed by atoms with Gasteiger partial charge in [-0.05, 0) is 45.6 Å². The summed E-state index contributed by atoms with van der Waals surface area (Å²) >= 11 is 0. The molecule has 0 aromatic heterocycles. The molecule has 1 saturated heterocycles. The minimum absolute atomic E-state index is 0.200. The van der Waals surface area contributed by atoms with E-state index in [0.29, 0.717) is 6.04 Å². The van der Waals surface area contributed by atoms with Gasteiger partial charge < -0.3 is 19.7 Å². The summed E-state index contributed by atoms with van der Waals surface area (Å²) < 4.78 is 10.9. The number of hydrogen-bond acceptors (Lipinski definition) is 4. The van der Waals surface area contributed by atoms with Gasteiger partial charge in [0.1, 0.15) is 5.60 Å². The Bertz CT molecular complexity index is 387. The highest BCUT2D eigenvalue weighted by Gasteiger charge is 2.27. The molecule has 1 N–H and O–H groups in total. The molecule has 1 fully saturated rings. The van der Waals surface area contributed by atoms with E-state index in [-0.39, 0.29) is 6.09 Å². The molecule has 1 amide bonds. The zero-order valence-corrected chi connectivity index (χ0v) is 13.5. The van der Waals surface area contributed by atoms with Crippen LogP contribution in [-0.2, 0) is 9.47 Å². The van der Waals surface area contributed by atoms with Crippen molar-refractivity contribution in [1.29, 1.82) is 0 Å². The molecule has 0 radical (unpaired) electrons. The Balaban J connectivity index is 1.77. The third-order valence-electron chi connectivity index (χ3n) is 3.67. The van der Waals surface area contributed by atoms with Crippen LogP contribution in [0.4, 0.5) is 4.79 Å². The molecule has 0 aromatic carbocycles. The predicted octanol–water partition coefficient (Wildman–Crippen LogP) is 2.32. The van der Waals surface area contributed by atoms with Gasteiger partial charge in [-0.15, -0.1) is 0 Å². The van der Waals surface area contributed by atoms with E-state index in [1.807, 2.05) is 25.7 Å². The van der Waals surface area contributed by atoms with Gasteiger partial charge in [0.2, 0.25) is 0 Å². The van der Waals surface area contributed by atoms with Crippen molar-refractivity contribution in [3.63, 3.8) is 0 Å². The van der Waals surface area contributed by atoms with Crippen molar-refractivity contribution in [2.75, 3.05) is 32.8 Å². The van der Waals surface area contributed by atoms with Gasteiger partial charge in [0.15, 0.2) is 0 Å². The van der Waals surface area contributed by atoms with Crippen molar-refractivity contribution in [2.24, 2.45) is 0 Å². The smallest absolute Gasteiger partial charge is 0.410 e. The van der Waals surface area contributed by atoms with Crippen LogP contribution in [-0.4, -0.2) is 55.5 Å². The number of nitrogens with one attached hydrogen (secondary N) is 1. The molecular weight excluding hydrogens is 268 g/mol. The molecule has 2 rings (SSSR count). The number of ether oxygens (including phenoxy) is 2. The fourth-order valence-corrected chi connectivity index (χ4v) is 2.64. The molecule has 2 aliphatic heterocycles. The first kappa shape index (κ1) is 16.3. The summed E-state index contributed by atoms with van der Waals surface area (Å²) in [6, 6.07) is 0.342. The molecule has 2 heterocycles. The molecule has 2 aliphatic rings. The lowest BCUT2D eigenvalue weighted by molar-refractivity contribution is 0.0188. The van der Waals surface area contributed by atoms with Crippen molar-refractivity contribution in [2.45, 2.75) is 51.7 Å². The molecule has 0 aromatic rings. The number of carbonyl (C=O) groups excluding carboxylic acids is 1. The number of nitrogens with zero attached hydrogens (tertiary/aromatic N) is 1. The largest absolute Gasteiger partial charge is 0.444 e. The van der Waals surface area contributed by atoms with Crippen molar-refractivity contribution < 1.29 is 14.3 Å². The number of carbonyl (C=O) groups is 1. The van der Waals surface area contributed by atoms with Crippen LogP contribution in [0.1, 0.15) is 40.0 Å². The van der Waals surface area contributed by atoms with E-state index in [1.54, 1.807) is 0 Å². The van der Waals surface area contributed by atoms with Crippen LogP contribution in [0.25, 0.3) is 0 Å². The van der Waals surface area contributed by atoms with Crippen LogP contribution in [0.15, 0.2) is 11.6 Å². The average molecular weight is 296 g/mol. The van der Waals surface area contributed by atoms with Crippen LogP contribution in [0.3, 0.4) is 0 Å². The van der Waals surface area contributed by atoms with Gasteiger partial charge >= 0.3 is 6.09 Å². The lowest BCUT2D eigenvalue weighted by Crippen LogP contribution is -2.49. The summed E-state index contributed by atoms with van der Waals surface area (Å²) in [4.78, 5) is 13.9. The van der Waals surface area contributed by atoms with Gasteiger partial charge in [0.25, 0.3) is 0 Å². The zero-order chi connectivity index (χ0) is 15.3. The minimum atomic E-state index is -0.429. The van der Waals surface area contributed by atoms with Crippen molar-refractivity contribution in [1.82, 2.24) is 10.2 Å². The summed E-state index contributed by atoms with van der Waals surface area (Å²) in [5.41, 5.74) is 0.887. The second-order valence-corrected chi connectivity index (χ2v) is 6.85. The zero-order valence-electron chi connectivity index (χ0n) is 13.5. The van der Waals surface area contributed by atoms with Crippen molar-refractivity contribution >= 4 is 6.09 Å². The van der Waals surface area contributed by atoms with Gasteiger partial charge in [-0.25, -0.2) is 4.79 Å². The Kier molecular flexibility index (Phi) is 5.65. The number of hydrogen-bond donors (Lipinski definition) is 1. The quantitative estimate of drug-likeness (QED) is 0.812. The topological polar surface area (TPSA) is 50.8 Å². The maximum atomic E-state index is 12.1. The number of rotatable bonds is 3. The third-order valence-corrected chi connectivity index (χ3v) is 3.67. The first-order valence-electron chi connectivity index (χ1n) is 7.91. The van der Waals surface area contributed by atoms with Crippen LogP contribution in [0.2, 0.25) is 0 Å². The number of likely N-dealkylation sites (tertiary alicyclic amines) is 1. The molecule has 0 saturated carbocycles. The maximum absolute atomic E-state index is 12.1. The van der Waals surface area contributed by atoms with E-state index < -0.39 is 5.60 Å². The molecule has 5 nitrogen and oxygen atoms in total. The highest BCUT2D eigenvalue weighted by Crippen LogP contribution is 2.16. The molecule has 0 bridgehead atoms. The second kappa shape index (κ2) is 7.27. The lowest BCUT2D eigenvalue weighted by Gasteiger charge is -2.34. The van der Waals surface area contributed by atoms with Crippen molar-refractivity contribution in [3.8, 4) is 0 Å². The number of amides is 1. The normalized spacial score (nSPS) is 23.7. The Hall–Kier alpha value is -1.07. The van der Waals surface area contributed by atoms with E-state index in [4.69, 9.17) is 9.47 Å². The van der Waals surface area contributed by atoms with Gasteiger partial charge in [-0.2, -0.15) is 0 Å². The van der Waals surface area contributed by atoms with Crippen LogP contribution < -0.4 is 5.32 Å². The van der Waals surface area contributed by atoms with Crippen LogP contribution in [0, 0.1) is 0 Å². The molecule has 21 heavy (non-hydrogen) atoms. The number of piperidine rings is 1. The summed E-state index contributed by atoms with van der Waals surface area (Å²) in [5.74, 6) is 0. The van der Waals surface area contributed by atoms with Crippen LogP contribution >= 0.6 is 0 Å². The average Bonchev–Trinajstić information content (AvgIpc) is 2.45. The maximum Gasteiger partial charge on any atom is 0.410 e. The van der Waals surface area contributed by atoms with Gasteiger partial charge in [-0.3, -0.25) is 0 Å². The van der Waals surface area contributed by atoms with Gasteiger partial charge in [-0.1, -0.05) is 6.08 Å². The highest BCUT2D eigenvalue weighted by molar-refractivity contribution is 5.68. The Labute approximate surface area is 127 Å². The van der Waals surface area contributed by atoms with Crippen LogP contribution in [0.5, 0.6) is 0 Å². The minimum Gasteiger partial charge on any atom is -0.444 e. The van der Waals surface area contributed by atoms with Crippen molar-refractivity contribution in [3.05, 3.63) is 11.6 Å². The highest BCUT2D eigenvalue weighted by atomic mass is 16.6. The first-order chi connectivity index (χ1) is 9.94. The molecule has 1 atom stereocenters. The molecule has 0 aliphatic carbocycles. The fraction of sp³-hybridized carbons (Fsp3) is 0.812. The Morgan fingerprint density at radius 3 is 3.00 bits per heavy atom. The molecule has 5 heteroatoms. The summed E-state index contributed by atoms with van der Waals surface area (Å²) in [5, 5.41) is 3.54. The molecule has 0 unspecified atom stereocenters. The standard InChI is InChI=1S/C16H28N2O3/c1-16(2,3)21-15(19)18-8-4-7-14(11-18)17-10-13-6-5-9-20-12-13/h6,14,17H,4-5,7-12H2,1-3H3/t14-/m0/s1. The van der Waals surface area contributed by atoms with Gasteiger partial charge in [0, 0.05) is 25.7 Å². The second-order valence-electron chi connectivity index (χ2n) is 6.85. The van der Waals surface area contributed by atoms with Gasteiger partial charge in [0.05, 0.1) is 13.2 Å². The third kappa shape index (κ3) is 5.67. The van der Waals surface area contributed by atoms with E-state index in [1.165, 1.54) is 5.57 Å². The monoisotopic (exact) mass is 296 g/mol. The van der Waals surface area contributed by atoms with E-state index in [9.17, 15) is 4.79 Å². The fourth-order valence-electron chi connectivity index (χ4n) is 2.64. The van der Waals surface area contributed by atoms with E-state index in [0.717, 1.165) is 52.1 Å². The lowest BCUT2D eigenvalue weighted by atomic mass is 10.1. The Morgan fingerprint density at radius 2 is 2.33 bits per heavy atom. The molecule has 120 valence electrons. The molecule has 0 spiro atoms. The SMILES string of the molecule is CC(C)(C)OC(=O)N1CCC[C@H](NCC2=CCCOC2)C1. The van der Waals surface area contributed by atoms with E-state index in [2.05, 4.69) is 11.4 Å². The predicted molar refractivity (Wildman–Crippen MR) is 82.4 cm³/mol. The first-order valence-corrected chi connectivity index (χ1v) is 7.91.